The van der Waals surface area contributed by atoms with E-state index in [4.69, 9.17) is 23.6 Å². The Morgan fingerprint density at radius 2 is 2.40 bits per heavy atom. The zero-order valence-corrected chi connectivity index (χ0v) is 6.73. The van der Waals surface area contributed by atoms with Gasteiger partial charge in [0, 0.05) is 25.4 Å². The lowest BCUT2D eigenvalue weighted by atomic mass is 10.4. The molecule has 5 heteroatoms. The van der Waals surface area contributed by atoms with E-state index in [2.05, 4.69) is 9.97 Å². The van der Waals surface area contributed by atoms with Gasteiger partial charge in [-0.3, -0.25) is 0 Å². The van der Waals surface area contributed by atoms with E-state index < -0.39 is 0 Å². The van der Waals surface area contributed by atoms with E-state index in [0.29, 0.717) is 6.54 Å². The highest BCUT2D eigenvalue weighted by Crippen LogP contribution is 2.00. The summed E-state index contributed by atoms with van der Waals surface area (Å²) in [6.45, 7) is 0.580. The molecule has 1 heterocycles. The van der Waals surface area contributed by atoms with E-state index in [1.54, 1.807) is 12.4 Å². The van der Waals surface area contributed by atoms with Gasteiger partial charge in [-0.2, -0.15) is 0 Å². The summed E-state index contributed by atoms with van der Waals surface area (Å²) in [7, 11) is 0. The highest BCUT2D eigenvalue weighted by molar-refractivity contribution is 6.33. The number of aromatic amines is 1. The molecule has 10 heavy (non-hydrogen) atoms. The Kier molecular flexibility index (Phi) is 2.99. The van der Waals surface area contributed by atoms with E-state index in [0.717, 1.165) is 16.2 Å². The molecule has 3 nitrogen and oxygen atoms in total. The first-order valence-corrected chi connectivity index (χ1v) is 3.54. The monoisotopic (exact) mass is 179 g/mol. The van der Waals surface area contributed by atoms with Gasteiger partial charge in [-0.25, -0.2) is 4.98 Å². The lowest BCUT2D eigenvalue weighted by molar-refractivity contribution is 0.677. The van der Waals surface area contributed by atoms with Crippen molar-refractivity contribution in [3.05, 3.63) is 18.2 Å². The van der Waals surface area contributed by atoms with Crippen LogP contribution in [0.15, 0.2) is 12.4 Å². The Morgan fingerprint density at radius 3 is 2.90 bits per heavy atom. The summed E-state index contributed by atoms with van der Waals surface area (Å²) < 4.78 is 1.09. The summed E-state index contributed by atoms with van der Waals surface area (Å²) in [5.41, 5.74) is 0. The Bertz CT molecular complexity index is 173. The van der Waals surface area contributed by atoms with E-state index in [1.165, 1.54) is 0 Å². The fourth-order valence-electron chi connectivity index (χ4n) is 0.625. The van der Waals surface area contributed by atoms with Gasteiger partial charge in [0.15, 0.2) is 0 Å². The quantitative estimate of drug-likeness (QED) is 0.715. The fraction of sp³-hybridized carbons (Fsp3) is 0.400. The molecule has 0 amide bonds. The van der Waals surface area contributed by atoms with E-state index in [-0.39, 0.29) is 0 Å². The number of H-pyrrole nitrogens is 1. The molecular weight excluding hydrogens is 173 g/mol. The smallest absolute Gasteiger partial charge is 0.107 e. The number of rotatable bonds is 3. The summed E-state index contributed by atoms with van der Waals surface area (Å²) in [4.78, 5) is 6.93. The van der Waals surface area contributed by atoms with E-state index in [9.17, 15) is 0 Å². The highest BCUT2D eigenvalue weighted by atomic mass is 35.5. The van der Waals surface area contributed by atoms with Crippen LogP contribution in [0, 0.1) is 0 Å². The maximum Gasteiger partial charge on any atom is 0.107 e. The first kappa shape index (κ1) is 7.85. The zero-order valence-electron chi connectivity index (χ0n) is 5.22. The molecule has 0 aromatic carbocycles. The van der Waals surface area contributed by atoms with Crippen LogP contribution in [0.5, 0.6) is 0 Å². The van der Waals surface area contributed by atoms with Crippen molar-refractivity contribution in [3.63, 3.8) is 0 Å². The van der Waals surface area contributed by atoms with E-state index >= 15 is 0 Å². The van der Waals surface area contributed by atoms with Crippen LogP contribution in [0.3, 0.4) is 0 Å². The van der Waals surface area contributed by atoms with Crippen LogP contribution in [0.1, 0.15) is 5.82 Å². The number of hydrogen-bond donors (Lipinski definition) is 1. The molecule has 0 unspecified atom stereocenters. The van der Waals surface area contributed by atoms with Gasteiger partial charge in [-0.15, -0.1) is 3.94 Å². The molecular formula is C5H7Cl2N3. The molecule has 0 spiro atoms. The van der Waals surface area contributed by atoms with E-state index in [1.807, 2.05) is 0 Å². The molecule has 0 saturated heterocycles. The van der Waals surface area contributed by atoms with Crippen molar-refractivity contribution in [1.29, 1.82) is 0 Å². The average Bonchev–Trinajstić information content (AvgIpc) is 2.34. The van der Waals surface area contributed by atoms with Gasteiger partial charge in [-0.05, 0) is 23.6 Å². The number of nitrogens with zero attached hydrogens (tertiary/aromatic N) is 2. The molecule has 0 radical (unpaired) electrons. The van der Waals surface area contributed by atoms with Crippen LogP contribution < -0.4 is 0 Å². The van der Waals surface area contributed by atoms with Crippen LogP contribution in [0.25, 0.3) is 0 Å². The lowest BCUT2D eigenvalue weighted by Crippen LogP contribution is -2.04. The summed E-state index contributed by atoms with van der Waals surface area (Å²) >= 11 is 10.7. The fourth-order valence-corrected chi connectivity index (χ4v) is 0.794. The maximum atomic E-state index is 5.35. The Hall–Kier alpha value is -0.250. The van der Waals surface area contributed by atoms with Crippen LogP contribution in [0.4, 0.5) is 0 Å². The Balaban J connectivity index is 2.28. The number of hydrogen-bond acceptors (Lipinski definition) is 2. The van der Waals surface area contributed by atoms with Gasteiger partial charge < -0.3 is 4.98 Å². The molecule has 56 valence electrons. The van der Waals surface area contributed by atoms with Crippen molar-refractivity contribution in [3.8, 4) is 0 Å². The molecule has 1 aromatic heterocycles. The first-order valence-electron chi connectivity index (χ1n) is 2.86. The standard InChI is InChI=1S/C5H7Cl2N3/c6-10(7)4-1-5-8-2-3-9-5/h2-3H,1,4H2,(H,8,9). The predicted molar refractivity (Wildman–Crippen MR) is 40.7 cm³/mol. The number of nitrogens with one attached hydrogen (secondary N) is 1. The van der Waals surface area contributed by atoms with Gasteiger partial charge in [-0.1, -0.05) is 0 Å². The van der Waals surface area contributed by atoms with Gasteiger partial charge in [0.2, 0.25) is 0 Å². The maximum absolute atomic E-state index is 5.35. The van der Waals surface area contributed by atoms with Crippen molar-refractivity contribution in [1.82, 2.24) is 13.9 Å². The van der Waals surface area contributed by atoms with Gasteiger partial charge in [0.1, 0.15) is 5.82 Å². The Labute approximate surface area is 69.2 Å². The third-order valence-corrected chi connectivity index (χ3v) is 1.41. The minimum Gasteiger partial charge on any atom is -0.349 e. The van der Waals surface area contributed by atoms with Crippen LogP contribution in [-0.2, 0) is 6.42 Å². The summed E-state index contributed by atoms with van der Waals surface area (Å²) in [6.07, 6.45) is 4.20. The van der Waals surface area contributed by atoms with Crippen molar-refractivity contribution in [2.45, 2.75) is 6.42 Å². The predicted octanol–water partition coefficient (Wildman–Crippen LogP) is 1.56. The minimum atomic E-state index is 0.580. The third kappa shape index (κ3) is 2.56. The van der Waals surface area contributed by atoms with Crippen molar-refractivity contribution in [2.24, 2.45) is 0 Å². The van der Waals surface area contributed by atoms with Gasteiger partial charge in [0.25, 0.3) is 0 Å². The largest absolute Gasteiger partial charge is 0.349 e. The van der Waals surface area contributed by atoms with Gasteiger partial charge in [0.05, 0.1) is 0 Å². The minimum absolute atomic E-state index is 0.580. The molecule has 0 saturated carbocycles. The van der Waals surface area contributed by atoms with Crippen LogP contribution >= 0.6 is 23.6 Å². The van der Waals surface area contributed by atoms with Crippen LogP contribution in [-0.4, -0.2) is 20.5 Å². The molecule has 0 bridgehead atoms. The second-order valence-corrected chi connectivity index (χ2v) is 2.80. The molecule has 0 aliphatic rings. The Morgan fingerprint density at radius 1 is 1.60 bits per heavy atom. The van der Waals surface area contributed by atoms with Crippen molar-refractivity contribution < 1.29 is 0 Å². The highest BCUT2D eigenvalue weighted by Gasteiger charge is 1.97. The molecule has 1 N–H and O–H groups in total. The van der Waals surface area contributed by atoms with Gasteiger partial charge >= 0.3 is 0 Å². The normalized spacial score (nSPS) is 10.7. The molecule has 0 aliphatic carbocycles. The van der Waals surface area contributed by atoms with Crippen molar-refractivity contribution >= 4 is 23.6 Å². The molecule has 1 aromatic rings. The third-order valence-electron chi connectivity index (χ3n) is 1.07. The molecule has 0 aliphatic heterocycles. The topological polar surface area (TPSA) is 31.9 Å². The van der Waals surface area contributed by atoms with Crippen LogP contribution in [0.2, 0.25) is 0 Å². The molecule has 1 rings (SSSR count). The number of aromatic nitrogens is 2. The summed E-state index contributed by atoms with van der Waals surface area (Å²) in [5.74, 6) is 0.895. The average molecular weight is 180 g/mol. The zero-order chi connectivity index (χ0) is 7.40. The SMILES string of the molecule is ClN(Cl)CCc1ncc[nH]1. The number of imidazole rings is 1. The second-order valence-electron chi connectivity index (χ2n) is 1.81. The first-order chi connectivity index (χ1) is 4.79. The lowest BCUT2D eigenvalue weighted by Gasteiger charge is -1.99. The van der Waals surface area contributed by atoms with Crippen molar-refractivity contribution in [2.75, 3.05) is 6.54 Å². The number of halogens is 2. The molecule has 0 atom stereocenters. The summed E-state index contributed by atoms with van der Waals surface area (Å²) in [6, 6.07) is 0. The molecule has 0 fully saturated rings. The second kappa shape index (κ2) is 3.81. The summed E-state index contributed by atoms with van der Waals surface area (Å²) in [5, 5.41) is 0.